The molecule has 0 unspecified atom stereocenters. The van der Waals surface area contributed by atoms with Gasteiger partial charge < -0.3 is 19.9 Å². The number of carbonyl (C=O) groups is 1. The van der Waals surface area contributed by atoms with Gasteiger partial charge in [-0.15, -0.1) is 0 Å². The SMILES string of the molecule is CO[C@@H]1COC[C@@H](CNC(=O)CN(C)C2CCCC2)[C@@H]1O. The van der Waals surface area contributed by atoms with Crippen molar-refractivity contribution in [2.75, 3.05) is 40.5 Å². The first-order chi connectivity index (χ1) is 10.1. The normalized spacial score (nSPS) is 30.8. The molecule has 0 bridgehead atoms. The molecule has 21 heavy (non-hydrogen) atoms. The summed E-state index contributed by atoms with van der Waals surface area (Å²) in [7, 11) is 3.57. The van der Waals surface area contributed by atoms with Crippen LogP contribution in [0.2, 0.25) is 0 Å². The van der Waals surface area contributed by atoms with Gasteiger partial charge in [-0.2, -0.15) is 0 Å². The number of aliphatic hydroxyl groups excluding tert-OH is 1. The van der Waals surface area contributed by atoms with Crippen molar-refractivity contribution in [3.63, 3.8) is 0 Å². The van der Waals surface area contributed by atoms with Gasteiger partial charge in [0.15, 0.2) is 0 Å². The Morgan fingerprint density at radius 2 is 2.10 bits per heavy atom. The Labute approximate surface area is 126 Å². The minimum absolute atomic E-state index is 0.0103. The molecule has 1 aliphatic carbocycles. The van der Waals surface area contributed by atoms with Crippen LogP contribution in [0.1, 0.15) is 25.7 Å². The number of methoxy groups -OCH3 is 1. The van der Waals surface area contributed by atoms with Crippen molar-refractivity contribution in [2.45, 2.75) is 43.9 Å². The minimum Gasteiger partial charge on any atom is -0.390 e. The molecule has 2 aliphatic rings. The molecule has 2 fully saturated rings. The van der Waals surface area contributed by atoms with Gasteiger partial charge in [-0.25, -0.2) is 0 Å². The summed E-state index contributed by atoms with van der Waals surface area (Å²) in [5, 5.41) is 13.0. The molecule has 3 atom stereocenters. The van der Waals surface area contributed by atoms with Crippen molar-refractivity contribution >= 4 is 5.91 Å². The fourth-order valence-corrected chi connectivity index (χ4v) is 3.22. The summed E-state index contributed by atoms with van der Waals surface area (Å²) in [4.78, 5) is 14.1. The van der Waals surface area contributed by atoms with E-state index in [-0.39, 0.29) is 17.9 Å². The number of nitrogens with one attached hydrogen (secondary N) is 1. The van der Waals surface area contributed by atoms with Crippen LogP contribution < -0.4 is 5.32 Å². The van der Waals surface area contributed by atoms with Gasteiger partial charge in [0.25, 0.3) is 0 Å². The number of carbonyl (C=O) groups excluding carboxylic acids is 1. The molecule has 1 saturated carbocycles. The first-order valence-corrected chi connectivity index (χ1v) is 7.87. The predicted molar refractivity (Wildman–Crippen MR) is 79.0 cm³/mol. The quantitative estimate of drug-likeness (QED) is 0.722. The Hall–Kier alpha value is -0.690. The molecule has 2 N–H and O–H groups in total. The molecule has 0 aromatic rings. The third-order valence-corrected chi connectivity index (χ3v) is 4.68. The smallest absolute Gasteiger partial charge is 0.234 e. The van der Waals surface area contributed by atoms with E-state index >= 15 is 0 Å². The van der Waals surface area contributed by atoms with Crippen LogP contribution in [0.4, 0.5) is 0 Å². The van der Waals surface area contributed by atoms with Crippen LogP contribution in [0.3, 0.4) is 0 Å². The molecule has 1 saturated heterocycles. The first kappa shape index (κ1) is 16.7. The molecular weight excluding hydrogens is 272 g/mol. The second kappa shape index (κ2) is 8.08. The average Bonchev–Trinajstić information content (AvgIpc) is 3.00. The van der Waals surface area contributed by atoms with Gasteiger partial charge >= 0.3 is 0 Å². The van der Waals surface area contributed by atoms with E-state index in [1.54, 1.807) is 7.11 Å². The second-order valence-electron chi connectivity index (χ2n) is 6.22. The Balaban J connectivity index is 1.70. The average molecular weight is 300 g/mol. The Bertz CT molecular complexity index is 334. The number of ether oxygens (including phenoxy) is 2. The lowest BCUT2D eigenvalue weighted by Crippen LogP contribution is -2.50. The second-order valence-corrected chi connectivity index (χ2v) is 6.22. The highest BCUT2D eigenvalue weighted by atomic mass is 16.5. The van der Waals surface area contributed by atoms with Crippen LogP contribution in [0.15, 0.2) is 0 Å². The van der Waals surface area contributed by atoms with Crippen LogP contribution in [0, 0.1) is 5.92 Å². The van der Waals surface area contributed by atoms with Gasteiger partial charge in [-0.05, 0) is 19.9 Å². The predicted octanol–water partition coefficient (Wildman–Crippen LogP) is -0.000700. The van der Waals surface area contributed by atoms with Crippen LogP contribution >= 0.6 is 0 Å². The van der Waals surface area contributed by atoms with Crippen molar-refractivity contribution in [3.8, 4) is 0 Å². The maximum atomic E-state index is 12.0. The Morgan fingerprint density at radius 3 is 2.76 bits per heavy atom. The summed E-state index contributed by atoms with van der Waals surface area (Å²) >= 11 is 0. The molecule has 6 heteroatoms. The molecule has 0 aromatic carbocycles. The van der Waals surface area contributed by atoms with E-state index in [0.717, 1.165) is 0 Å². The third kappa shape index (κ3) is 4.64. The third-order valence-electron chi connectivity index (χ3n) is 4.68. The maximum Gasteiger partial charge on any atom is 0.234 e. The number of hydrogen-bond acceptors (Lipinski definition) is 5. The molecule has 1 aliphatic heterocycles. The van der Waals surface area contributed by atoms with Crippen LogP contribution in [0.25, 0.3) is 0 Å². The van der Waals surface area contributed by atoms with Crippen LogP contribution in [-0.2, 0) is 14.3 Å². The van der Waals surface area contributed by atoms with E-state index in [9.17, 15) is 9.90 Å². The zero-order chi connectivity index (χ0) is 15.2. The number of amides is 1. The molecule has 122 valence electrons. The maximum absolute atomic E-state index is 12.0. The monoisotopic (exact) mass is 300 g/mol. The van der Waals surface area contributed by atoms with Crippen molar-refractivity contribution < 1.29 is 19.4 Å². The zero-order valence-corrected chi connectivity index (χ0v) is 13.1. The molecule has 0 spiro atoms. The van der Waals surface area contributed by atoms with Crippen molar-refractivity contribution in [2.24, 2.45) is 5.92 Å². The summed E-state index contributed by atoms with van der Waals surface area (Å²) in [6.45, 7) is 1.71. The van der Waals surface area contributed by atoms with Gasteiger partial charge in [0.1, 0.15) is 6.10 Å². The van der Waals surface area contributed by atoms with E-state index in [4.69, 9.17) is 9.47 Å². The van der Waals surface area contributed by atoms with E-state index in [2.05, 4.69) is 10.2 Å². The largest absolute Gasteiger partial charge is 0.390 e. The Morgan fingerprint density at radius 1 is 1.38 bits per heavy atom. The molecule has 1 heterocycles. The lowest BCUT2D eigenvalue weighted by Gasteiger charge is -2.34. The minimum atomic E-state index is -0.586. The number of rotatable bonds is 6. The highest BCUT2D eigenvalue weighted by Crippen LogP contribution is 2.22. The lowest BCUT2D eigenvalue weighted by atomic mass is 9.96. The van der Waals surface area contributed by atoms with Crippen LogP contribution in [0.5, 0.6) is 0 Å². The molecule has 0 radical (unpaired) electrons. The number of nitrogens with zero attached hydrogens (tertiary/aromatic N) is 1. The van der Waals surface area contributed by atoms with E-state index < -0.39 is 6.10 Å². The van der Waals surface area contributed by atoms with E-state index in [0.29, 0.717) is 32.3 Å². The fraction of sp³-hybridized carbons (Fsp3) is 0.933. The summed E-state index contributed by atoms with van der Waals surface area (Å²) in [6, 6.07) is 0.539. The first-order valence-electron chi connectivity index (χ1n) is 7.87. The topological polar surface area (TPSA) is 71.0 Å². The molecule has 6 nitrogen and oxygen atoms in total. The molecule has 2 rings (SSSR count). The molecular formula is C15H28N2O4. The van der Waals surface area contributed by atoms with Gasteiger partial charge in [0.2, 0.25) is 5.91 Å². The highest BCUT2D eigenvalue weighted by Gasteiger charge is 2.33. The van der Waals surface area contributed by atoms with Crippen molar-refractivity contribution in [1.82, 2.24) is 10.2 Å². The Kier molecular flexibility index (Phi) is 6.41. The summed E-state index contributed by atoms with van der Waals surface area (Å²) in [6.07, 6.45) is 4.02. The number of hydrogen-bond donors (Lipinski definition) is 2. The van der Waals surface area contributed by atoms with Gasteiger partial charge in [-0.3, -0.25) is 9.69 Å². The van der Waals surface area contributed by atoms with Gasteiger partial charge in [-0.1, -0.05) is 12.8 Å². The number of aliphatic hydroxyl groups is 1. The summed E-state index contributed by atoms with van der Waals surface area (Å²) in [5.74, 6) is -0.0967. The van der Waals surface area contributed by atoms with Gasteiger partial charge in [0.05, 0.1) is 25.9 Å². The fourth-order valence-electron chi connectivity index (χ4n) is 3.22. The van der Waals surface area contributed by atoms with Crippen molar-refractivity contribution in [1.29, 1.82) is 0 Å². The summed E-state index contributed by atoms with van der Waals surface area (Å²) in [5.41, 5.74) is 0. The number of likely N-dealkylation sites (N-methyl/N-ethyl adjacent to an activating group) is 1. The standard InChI is InChI=1S/C15H28N2O4/c1-17(12-5-3-4-6-12)8-14(18)16-7-11-9-21-10-13(20-2)15(11)19/h11-13,15,19H,3-10H2,1-2H3,(H,16,18)/t11-,13-,15+/m1/s1. The molecule has 1 amide bonds. The summed E-state index contributed by atoms with van der Waals surface area (Å²) < 4.78 is 10.6. The van der Waals surface area contributed by atoms with E-state index in [1.807, 2.05) is 7.05 Å². The highest BCUT2D eigenvalue weighted by molar-refractivity contribution is 5.78. The van der Waals surface area contributed by atoms with Crippen LogP contribution in [-0.4, -0.2) is 74.6 Å². The lowest BCUT2D eigenvalue weighted by molar-refractivity contribution is -0.136. The molecule has 0 aromatic heterocycles. The van der Waals surface area contributed by atoms with Gasteiger partial charge in [0, 0.05) is 25.6 Å². The van der Waals surface area contributed by atoms with E-state index in [1.165, 1.54) is 25.7 Å². The van der Waals surface area contributed by atoms with Crippen molar-refractivity contribution in [3.05, 3.63) is 0 Å². The zero-order valence-electron chi connectivity index (χ0n) is 13.1.